The van der Waals surface area contributed by atoms with E-state index >= 15 is 0 Å². The molecule has 0 aliphatic carbocycles. The van der Waals surface area contributed by atoms with Crippen LogP contribution >= 0.6 is 11.3 Å². The number of benzene rings is 3. The van der Waals surface area contributed by atoms with Crippen LogP contribution in [-0.4, -0.2) is 39.2 Å². The van der Waals surface area contributed by atoms with Crippen LogP contribution in [0, 0.1) is 13.8 Å². The van der Waals surface area contributed by atoms with E-state index in [4.69, 9.17) is 4.74 Å². The number of carbonyl (C=O) groups excluding carboxylic acids is 1. The van der Waals surface area contributed by atoms with E-state index in [2.05, 4.69) is 31.0 Å². The predicted octanol–water partition coefficient (Wildman–Crippen LogP) is 4.46. The lowest BCUT2D eigenvalue weighted by Crippen LogP contribution is -2.29. The highest BCUT2D eigenvalue weighted by Crippen LogP contribution is 2.32. The first-order valence-electron chi connectivity index (χ1n) is 11.7. The number of hydrogen-bond donors (Lipinski definition) is 0. The minimum Gasteiger partial charge on any atom is -0.383 e. The highest BCUT2D eigenvalue weighted by atomic mass is 32.2. The summed E-state index contributed by atoms with van der Waals surface area (Å²) in [5.41, 5.74) is 5.42. The van der Waals surface area contributed by atoms with Gasteiger partial charge in [0.15, 0.2) is 4.80 Å². The number of hydrogen-bond acceptors (Lipinski definition) is 5. The molecule has 1 aliphatic heterocycles. The van der Waals surface area contributed by atoms with Gasteiger partial charge in [-0.3, -0.25) is 9.10 Å². The quantitative estimate of drug-likeness (QED) is 0.375. The van der Waals surface area contributed by atoms with Gasteiger partial charge in [-0.1, -0.05) is 29.5 Å². The highest BCUT2D eigenvalue weighted by molar-refractivity contribution is 7.92. The smallest absolute Gasteiger partial charge is 0.279 e. The normalized spacial score (nSPS) is 14.0. The van der Waals surface area contributed by atoms with Gasteiger partial charge in [0.1, 0.15) is 0 Å². The number of methoxy groups -OCH3 is 1. The first-order chi connectivity index (χ1) is 17.3. The van der Waals surface area contributed by atoms with Crippen molar-refractivity contribution in [1.82, 2.24) is 4.57 Å². The van der Waals surface area contributed by atoms with Crippen molar-refractivity contribution in [3.05, 3.63) is 87.7 Å². The molecule has 5 rings (SSSR count). The fraction of sp³-hybridized carbons (Fsp3) is 0.259. The van der Waals surface area contributed by atoms with Crippen LogP contribution in [0.25, 0.3) is 10.2 Å². The summed E-state index contributed by atoms with van der Waals surface area (Å²) in [4.78, 5) is 18.2. The van der Waals surface area contributed by atoms with Crippen LogP contribution in [0.5, 0.6) is 0 Å². The molecule has 4 aromatic rings. The molecule has 2 heterocycles. The molecule has 9 heteroatoms. The maximum Gasteiger partial charge on any atom is 0.279 e. The van der Waals surface area contributed by atoms with Crippen molar-refractivity contribution >= 4 is 43.2 Å². The number of rotatable bonds is 6. The van der Waals surface area contributed by atoms with E-state index in [1.165, 1.54) is 51.0 Å². The zero-order valence-electron chi connectivity index (χ0n) is 20.4. The van der Waals surface area contributed by atoms with Crippen LogP contribution in [0.1, 0.15) is 27.0 Å². The third-order valence-electron chi connectivity index (χ3n) is 6.55. The molecule has 7 nitrogen and oxygen atoms in total. The highest BCUT2D eigenvalue weighted by Gasteiger charge is 2.30. The van der Waals surface area contributed by atoms with Gasteiger partial charge in [-0.05, 0) is 79.4 Å². The second-order valence-electron chi connectivity index (χ2n) is 8.83. The van der Waals surface area contributed by atoms with Gasteiger partial charge in [-0.15, -0.1) is 0 Å². The number of amides is 1. The van der Waals surface area contributed by atoms with E-state index < -0.39 is 15.9 Å². The SMILES string of the molecule is COCCn1c(=NC(=O)c2ccc(S(=O)(=O)N3CCc4ccccc43)cc2)sc2cc(C)c(C)cc21. The van der Waals surface area contributed by atoms with Crippen molar-refractivity contribution in [3.63, 3.8) is 0 Å². The fourth-order valence-electron chi connectivity index (χ4n) is 4.41. The Morgan fingerprint density at radius 2 is 1.78 bits per heavy atom. The van der Waals surface area contributed by atoms with E-state index in [1.807, 2.05) is 28.8 Å². The van der Waals surface area contributed by atoms with E-state index in [9.17, 15) is 13.2 Å². The molecule has 0 unspecified atom stereocenters. The Labute approximate surface area is 214 Å². The molecule has 0 N–H and O–H groups in total. The summed E-state index contributed by atoms with van der Waals surface area (Å²) >= 11 is 1.46. The van der Waals surface area contributed by atoms with Crippen LogP contribution in [0.15, 0.2) is 70.6 Å². The topological polar surface area (TPSA) is 81.0 Å². The van der Waals surface area contributed by atoms with Crippen LogP contribution in [0.4, 0.5) is 5.69 Å². The van der Waals surface area contributed by atoms with E-state index in [-0.39, 0.29) is 4.90 Å². The molecule has 36 heavy (non-hydrogen) atoms. The van der Waals surface area contributed by atoms with Gasteiger partial charge < -0.3 is 9.30 Å². The first-order valence-corrected chi connectivity index (χ1v) is 13.9. The molecule has 0 bridgehead atoms. The monoisotopic (exact) mass is 521 g/mol. The van der Waals surface area contributed by atoms with E-state index in [0.717, 1.165) is 15.8 Å². The standard InChI is InChI=1S/C27H27N3O4S2/c1-18-16-24-25(17-19(18)2)35-27(29(24)14-15-34-3)28-26(31)21-8-10-22(11-9-21)36(32,33)30-13-12-20-6-4-5-7-23(20)30/h4-11,16-17H,12-15H2,1-3H3. The number of aryl methyl sites for hydroxylation is 2. The van der Waals surface area contributed by atoms with Crippen LogP contribution in [-0.2, 0) is 27.7 Å². The minimum absolute atomic E-state index is 0.152. The zero-order valence-corrected chi connectivity index (χ0v) is 22.0. The average Bonchev–Trinajstić information content (AvgIpc) is 3.45. The number of sulfonamides is 1. The number of carbonyl (C=O) groups is 1. The minimum atomic E-state index is -3.72. The summed E-state index contributed by atoms with van der Waals surface area (Å²) in [5.74, 6) is -0.420. The van der Waals surface area contributed by atoms with Gasteiger partial charge >= 0.3 is 0 Å². The van der Waals surface area contributed by atoms with Crippen LogP contribution in [0.2, 0.25) is 0 Å². The molecule has 0 saturated heterocycles. The Bertz CT molecular complexity index is 1630. The van der Waals surface area contributed by atoms with Gasteiger partial charge in [-0.25, -0.2) is 8.42 Å². The van der Waals surface area contributed by atoms with Gasteiger partial charge in [0.2, 0.25) is 0 Å². The molecule has 0 saturated carbocycles. The lowest BCUT2D eigenvalue weighted by molar-refractivity contribution is 0.0997. The average molecular weight is 522 g/mol. The third-order valence-corrected chi connectivity index (χ3v) is 9.42. The largest absolute Gasteiger partial charge is 0.383 e. The van der Waals surface area contributed by atoms with Gasteiger partial charge in [-0.2, -0.15) is 4.99 Å². The van der Waals surface area contributed by atoms with Gasteiger partial charge in [0, 0.05) is 25.8 Å². The fourth-order valence-corrected chi connectivity index (χ4v) is 7.05. The molecule has 3 aromatic carbocycles. The zero-order chi connectivity index (χ0) is 25.4. The van der Waals surface area contributed by atoms with Crippen molar-refractivity contribution < 1.29 is 17.9 Å². The van der Waals surface area contributed by atoms with Gasteiger partial charge in [0.05, 0.1) is 27.4 Å². The Kier molecular flexibility index (Phi) is 6.55. The van der Waals surface area contributed by atoms with Crippen LogP contribution < -0.4 is 9.11 Å². The Morgan fingerprint density at radius 3 is 2.53 bits per heavy atom. The summed E-state index contributed by atoms with van der Waals surface area (Å²) in [6.45, 7) is 5.59. The molecule has 0 radical (unpaired) electrons. The molecule has 0 atom stereocenters. The maximum absolute atomic E-state index is 13.3. The van der Waals surface area contributed by atoms with Crippen molar-refractivity contribution in [3.8, 4) is 0 Å². The number of para-hydroxylation sites is 1. The Hall–Kier alpha value is -3.27. The van der Waals surface area contributed by atoms with Crippen LogP contribution in [0.3, 0.4) is 0 Å². The number of ether oxygens (including phenoxy) is 1. The van der Waals surface area contributed by atoms with E-state index in [1.54, 1.807) is 7.11 Å². The summed E-state index contributed by atoms with van der Waals surface area (Å²) in [7, 11) is -2.08. The van der Waals surface area contributed by atoms with E-state index in [0.29, 0.717) is 42.2 Å². The molecular formula is C27H27N3O4S2. The Balaban J connectivity index is 1.47. The van der Waals surface area contributed by atoms with Crippen molar-refractivity contribution in [2.24, 2.45) is 4.99 Å². The number of anilines is 1. The second kappa shape index (κ2) is 9.65. The molecule has 1 amide bonds. The van der Waals surface area contributed by atoms with Crippen molar-refractivity contribution in [1.29, 1.82) is 0 Å². The first kappa shape index (κ1) is 24.4. The molecular weight excluding hydrogens is 494 g/mol. The maximum atomic E-state index is 13.3. The number of thiazole rings is 1. The van der Waals surface area contributed by atoms with Crippen molar-refractivity contribution in [2.75, 3.05) is 24.6 Å². The number of fused-ring (bicyclic) bond motifs is 2. The summed E-state index contributed by atoms with van der Waals surface area (Å²) in [6, 6.07) is 17.8. The lowest BCUT2D eigenvalue weighted by atomic mass is 10.1. The van der Waals surface area contributed by atoms with Crippen molar-refractivity contribution in [2.45, 2.75) is 31.7 Å². The summed E-state index contributed by atoms with van der Waals surface area (Å²) in [5, 5.41) is 0. The molecule has 1 aliphatic rings. The summed E-state index contributed by atoms with van der Waals surface area (Å²) < 4.78 is 36.3. The molecule has 186 valence electrons. The number of aromatic nitrogens is 1. The lowest BCUT2D eigenvalue weighted by Gasteiger charge is -2.19. The molecule has 0 spiro atoms. The Morgan fingerprint density at radius 1 is 1.06 bits per heavy atom. The number of nitrogens with zero attached hydrogens (tertiary/aromatic N) is 3. The third kappa shape index (κ3) is 4.38. The molecule has 0 fully saturated rings. The summed E-state index contributed by atoms with van der Waals surface area (Å²) in [6.07, 6.45) is 0.683. The second-order valence-corrected chi connectivity index (χ2v) is 11.7. The van der Waals surface area contributed by atoms with Gasteiger partial charge in [0.25, 0.3) is 15.9 Å². The predicted molar refractivity (Wildman–Crippen MR) is 142 cm³/mol. The molecule has 1 aromatic heterocycles.